The number of nitrogens with zero attached hydrogens (tertiary/aromatic N) is 1. The highest BCUT2D eigenvalue weighted by Crippen LogP contribution is 2.28. The number of hydrogen-bond donors (Lipinski definition) is 2. The third-order valence-electron chi connectivity index (χ3n) is 5.88. The Morgan fingerprint density at radius 3 is 2.43 bits per heavy atom. The molecule has 1 fully saturated rings. The average Bonchev–Trinajstić information content (AvgIpc) is 3.60. The van der Waals surface area contributed by atoms with Crippen LogP contribution in [0.4, 0.5) is 5.69 Å². The topological polar surface area (TPSA) is 101 Å². The molecule has 0 unspecified atom stereocenters. The van der Waals surface area contributed by atoms with Crippen LogP contribution >= 0.6 is 0 Å². The number of aryl methyl sites for hydroxylation is 1. The number of rotatable bonds is 9. The van der Waals surface area contributed by atoms with E-state index in [1.807, 2.05) is 49.4 Å². The van der Waals surface area contributed by atoms with Crippen molar-refractivity contribution in [3.8, 4) is 0 Å². The fourth-order valence-electron chi connectivity index (χ4n) is 4.05. The Bertz CT molecular complexity index is 1120. The van der Waals surface area contributed by atoms with Crippen LogP contribution < -0.4 is 15.5 Å². The van der Waals surface area contributed by atoms with Gasteiger partial charge < -0.3 is 19.8 Å². The summed E-state index contributed by atoms with van der Waals surface area (Å²) in [5.74, 6) is -1.16. The van der Waals surface area contributed by atoms with Crippen LogP contribution in [0.15, 0.2) is 77.4 Å². The standard InChI is InChI=1S/C27H29N3O5/c1-19-11-13-21(14-12-19)30(24(31)18-29-26(32)23-10-6-16-35-23)25(20-7-3-2-4-8-20)27(33)28-17-22-9-5-15-34-22/h2-4,6-8,10-14,16,22,25H,5,9,15,17-18H2,1H3,(H,28,33)(H,29,32)/t22-,25-/m0/s1. The van der Waals surface area contributed by atoms with E-state index in [0.717, 1.165) is 18.4 Å². The first-order valence-corrected chi connectivity index (χ1v) is 11.7. The van der Waals surface area contributed by atoms with Gasteiger partial charge in [0.2, 0.25) is 11.8 Å². The largest absolute Gasteiger partial charge is 0.459 e. The van der Waals surface area contributed by atoms with Gasteiger partial charge in [-0.1, -0.05) is 48.0 Å². The first-order valence-electron chi connectivity index (χ1n) is 11.7. The Morgan fingerprint density at radius 2 is 1.77 bits per heavy atom. The zero-order valence-electron chi connectivity index (χ0n) is 19.6. The molecule has 1 aliphatic rings. The van der Waals surface area contributed by atoms with Gasteiger partial charge in [-0.25, -0.2) is 0 Å². The molecule has 8 nitrogen and oxygen atoms in total. The van der Waals surface area contributed by atoms with E-state index in [2.05, 4.69) is 10.6 Å². The molecule has 1 aliphatic heterocycles. The molecule has 1 saturated heterocycles. The van der Waals surface area contributed by atoms with Crippen molar-refractivity contribution in [3.05, 3.63) is 89.9 Å². The van der Waals surface area contributed by atoms with Gasteiger partial charge in [-0.2, -0.15) is 0 Å². The van der Waals surface area contributed by atoms with Gasteiger partial charge in [-0.15, -0.1) is 0 Å². The van der Waals surface area contributed by atoms with Crippen molar-refractivity contribution in [1.29, 1.82) is 0 Å². The Kier molecular flexibility index (Phi) is 7.95. The number of hydrogen-bond acceptors (Lipinski definition) is 5. The Labute approximate surface area is 204 Å². The first-order chi connectivity index (χ1) is 17.0. The first kappa shape index (κ1) is 24.2. The van der Waals surface area contributed by atoms with Crippen molar-refractivity contribution in [2.45, 2.75) is 31.9 Å². The Balaban J connectivity index is 1.62. The summed E-state index contributed by atoms with van der Waals surface area (Å²) < 4.78 is 10.8. The highest BCUT2D eigenvalue weighted by Gasteiger charge is 2.33. The van der Waals surface area contributed by atoms with Crippen molar-refractivity contribution < 1.29 is 23.5 Å². The molecule has 2 aromatic carbocycles. The molecule has 0 saturated carbocycles. The zero-order chi connectivity index (χ0) is 24.6. The third kappa shape index (κ3) is 6.16. The Hall–Kier alpha value is -3.91. The van der Waals surface area contributed by atoms with Crippen LogP contribution in [-0.4, -0.2) is 43.5 Å². The van der Waals surface area contributed by atoms with E-state index < -0.39 is 17.9 Å². The van der Waals surface area contributed by atoms with Crippen molar-refractivity contribution in [2.24, 2.45) is 0 Å². The van der Waals surface area contributed by atoms with Gasteiger partial charge in [0.25, 0.3) is 5.91 Å². The van der Waals surface area contributed by atoms with E-state index in [0.29, 0.717) is 24.4 Å². The van der Waals surface area contributed by atoms with Gasteiger partial charge in [0.15, 0.2) is 5.76 Å². The highest BCUT2D eigenvalue weighted by atomic mass is 16.5. The molecule has 2 N–H and O–H groups in total. The van der Waals surface area contributed by atoms with E-state index in [9.17, 15) is 14.4 Å². The maximum atomic E-state index is 13.6. The third-order valence-corrected chi connectivity index (χ3v) is 5.88. The van der Waals surface area contributed by atoms with E-state index in [4.69, 9.17) is 9.15 Å². The SMILES string of the molecule is Cc1ccc(N(C(=O)CNC(=O)c2ccco2)[C@H](C(=O)NC[C@@H]2CCCO2)c2ccccc2)cc1. The van der Waals surface area contributed by atoms with Gasteiger partial charge in [0.05, 0.1) is 18.9 Å². The van der Waals surface area contributed by atoms with Crippen LogP contribution in [0.1, 0.15) is 40.6 Å². The molecule has 2 heterocycles. The van der Waals surface area contributed by atoms with Crippen LogP contribution in [-0.2, 0) is 14.3 Å². The predicted octanol–water partition coefficient (Wildman–Crippen LogP) is 3.39. The molecule has 2 atom stereocenters. The van der Waals surface area contributed by atoms with Gasteiger partial charge in [0, 0.05) is 18.8 Å². The second-order valence-corrected chi connectivity index (χ2v) is 8.45. The van der Waals surface area contributed by atoms with Gasteiger partial charge >= 0.3 is 0 Å². The van der Waals surface area contributed by atoms with Crippen molar-refractivity contribution in [1.82, 2.24) is 10.6 Å². The van der Waals surface area contributed by atoms with Crippen molar-refractivity contribution >= 4 is 23.4 Å². The molecule has 0 spiro atoms. The summed E-state index contributed by atoms with van der Waals surface area (Å²) in [6, 6.07) is 18.7. The zero-order valence-corrected chi connectivity index (χ0v) is 19.6. The van der Waals surface area contributed by atoms with Crippen LogP contribution in [0.25, 0.3) is 0 Å². The number of carbonyl (C=O) groups excluding carboxylic acids is 3. The minimum absolute atomic E-state index is 0.0357. The summed E-state index contributed by atoms with van der Waals surface area (Å²) in [6.07, 6.45) is 3.20. The van der Waals surface area contributed by atoms with Gasteiger partial charge in [0.1, 0.15) is 6.04 Å². The van der Waals surface area contributed by atoms with E-state index in [1.165, 1.54) is 17.2 Å². The molecule has 3 aromatic rings. The lowest BCUT2D eigenvalue weighted by molar-refractivity contribution is -0.126. The molecule has 8 heteroatoms. The van der Waals surface area contributed by atoms with E-state index >= 15 is 0 Å². The number of anilines is 1. The number of benzene rings is 2. The number of furan rings is 1. The van der Waals surface area contributed by atoms with Gasteiger partial charge in [-0.05, 0) is 49.6 Å². The summed E-state index contributed by atoms with van der Waals surface area (Å²) in [7, 11) is 0. The lowest BCUT2D eigenvalue weighted by Gasteiger charge is -2.32. The number of amides is 3. The molecule has 3 amide bonds. The molecule has 35 heavy (non-hydrogen) atoms. The lowest BCUT2D eigenvalue weighted by Crippen LogP contribution is -2.48. The molecular weight excluding hydrogens is 446 g/mol. The van der Waals surface area contributed by atoms with Gasteiger partial charge in [-0.3, -0.25) is 19.3 Å². The summed E-state index contributed by atoms with van der Waals surface area (Å²) in [6.45, 7) is 2.69. The maximum absolute atomic E-state index is 13.6. The number of carbonyl (C=O) groups is 3. The second kappa shape index (κ2) is 11.5. The molecule has 0 bridgehead atoms. The summed E-state index contributed by atoms with van der Waals surface area (Å²) in [4.78, 5) is 40.9. The molecule has 1 aromatic heterocycles. The fourth-order valence-corrected chi connectivity index (χ4v) is 4.05. The lowest BCUT2D eigenvalue weighted by atomic mass is 10.0. The molecule has 0 aliphatic carbocycles. The summed E-state index contributed by atoms with van der Waals surface area (Å²) in [5, 5.41) is 5.56. The molecule has 4 rings (SSSR count). The number of ether oxygens (including phenoxy) is 1. The number of nitrogens with one attached hydrogen (secondary N) is 2. The van der Waals surface area contributed by atoms with Crippen LogP contribution in [0, 0.1) is 6.92 Å². The van der Waals surface area contributed by atoms with Crippen LogP contribution in [0.5, 0.6) is 0 Å². The normalized spacial score (nSPS) is 15.9. The summed E-state index contributed by atoms with van der Waals surface area (Å²) in [5.41, 5.74) is 2.23. The second-order valence-electron chi connectivity index (χ2n) is 8.45. The fraction of sp³-hybridized carbons (Fsp3) is 0.296. The quantitative estimate of drug-likeness (QED) is 0.494. The smallest absolute Gasteiger partial charge is 0.287 e. The molecule has 182 valence electrons. The minimum atomic E-state index is -0.937. The minimum Gasteiger partial charge on any atom is -0.459 e. The molecule has 0 radical (unpaired) electrons. The van der Waals surface area contributed by atoms with Crippen LogP contribution in [0.3, 0.4) is 0 Å². The summed E-state index contributed by atoms with van der Waals surface area (Å²) >= 11 is 0. The highest BCUT2D eigenvalue weighted by molar-refractivity contribution is 6.04. The van der Waals surface area contributed by atoms with Crippen molar-refractivity contribution in [2.75, 3.05) is 24.6 Å². The average molecular weight is 476 g/mol. The Morgan fingerprint density at radius 1 is 1.00 bits per heavy atom. The van der Waals surface area contributed by atoms with E-state index in [1.54, 1.807) is 18.2 Å². The predicted molar refractivity (Wildman–Crippen MR) is 131 cm³/mol. The maximum Gasteiger partial charge on any atom is 0.287 e. The van der Waals surface area contributed by atoms with E-state index in [-0.39, 0.29) is 24.3 Å². The van der Waals surface area contributed by atoms with Crippen molar-refractivity contribution in [3.63, 3.8) is 0 Å². The molecular formula is C27H29N3O5. The monoisotopic (exact) mass is 475 g/mol. The van der Waals surface area contributed by atoms with Crippen LogP contribution in [0.2, 0.25) is 0 Å².